The van der Waals surface area contributed by atoms with Crippen molar-refractivity contribution in [1.82, 2.24) is 24.6 Å². The van der Waals surface area contributed by atoms with Crippen LogP contribution < -0.4 is 10.6 Å². The molecule has 2 saturated heterocycles. The van der Waals surface area contributed by atoms with Crippen LogP contribution in [0.15, 0.2) is 35.6 Å². The SMILES string of the molecule is Cn1c(SCCCN2CC3CCN(c4c(F)cc(F)cc4F)C3C2)nnc1-c1ccc(C(N)=O)nc1. The number of pyridine rings is 1. The number of halogens is 3. The molecule has 2 aliphatic rings. The van der Waals surface area contributed by atoms with Crippen molar-refractivity contribution in [3.8, 4) is 11.4 Å². The molecule has 4 heterocycles. The average Bonchev–Trinajstić information content (AvgIpc) is 3.51. The van der Waals surface area contributed by atoms with Gasteiger partial charge >= 0.3 is 0 Å². The predicted molar refractivity (Wildman–Crippen MR) is 130 cm³/mol. The molecule has 0 aliphatic carbocycles. The van der Waals surface area contributed by atoms with Gasteiger partial charge in [-0.05, 0) is 37.4 Å². The normalized spacial score (nSPS) is 19.7. The number of amides is 1. The van der Waals surface area contributed by atoms with E-state index in [1.807, 2.05) is 11.6 Å². The Balaban J connectivity index is 1.13. The highest BCUT2D eigenvalue weighted by atomic mass is 32.2. The molecule has 0 bridgehead atoms. The van der Waals surface area contributed by atoms with E-state index >= 15 is 0 Å². The first-order chi connectivity index (χ1) is 17.3. The molecule has 1 amide bonds. The van der Waals surface area contributed by atoms with Crippen LogP contribution >= 0.6 is 11.8 Å². The molecule has 2 aliphatic heterocycles. The topological polar surface area (TPSA) is 93.2 Å². The summed E-state index contributed by atoms with van der Waals surface area (Å²) in [6, 6.07) is 4.83. The van der Waals surface area contributed by atoms with Gasteiger partial charge in [0.05, 0.1) is 0 Å². The Kier molecular flexibility index (Phi) is 6.89. The fourth-order valence-electron chi connectivity index (χ4n) is 5.13. The highest BCUT2D eigenvalue weighted by Gasteiger charge is 2.42. The second-order valence-electron chi connectivity index (χ2n) is 9.15. The summed E-state index contributed by atoms with van der Waals surface area (Å²) in [5.41, 5.74) is 6.06. The smallest absolute Gasteiger partial charge is 0.267 e. The van der Waals surface area contributed by atoms with Crippen molar-refractivity contribution in [3.63, 3.8) is 0 Å². The fraction of sp³-hybridized carbons (Fsp3) is 0.417. The monoisotopic (exact) mass is 517 g/mol. The molecule has 0 radical (unpaired) electrons. The van der Waals surface area contributed by atoms with Crippen molar-refractivity contribution in [2.45, 2.75) is 24.0 Å². The van der Waals surface area contributed by atoms with E-state index in [9.17, 15) is 18.0 Å². The highest BCUT2D eigenvalue weighted by Crippen LogP contribution is 2.37. The van der Waals surface area contributed by atoms with Crippen molar-refractivity contribution in [3.05, 3.63) is 53.6 Å². The Morgan fingerprint density at radius 3 is 2.64 bits per heavy atom. The van der Waals surface area contributed by atoms with Crippen LogP contribution in [0.5, 0.6) is 0 Å². The third-order valence-electron chi connectivity index (χ3n) is 6.85. The molecule has 2 N–H and O–H groups in total. The van der Waals surface area contributed by atoms with Crippen molar-refractivity contribution < 1.29 is 18.0 Å². The molecule has 2 atom stereocenters. The molecule has 3 aromatic rings. The summed E-state index contributed by atoms with van der Waals surface area (Å²) < 4.78 is 43.9. The molecule has 12 heteroatoms. The zero-order chi connectivity index (χ0) is 25.4. The second kappa shape index (κ2) is 10.1. The molecular formula is C24H26F3N7OS. The lowest BCUT2D eigenvalue weighted by molar-refractivity contribution is 0.0995. The molecule has 2 aromatic heterocycles. The first-order valence-electron chi connectivity index (χ1n) is 11.7. The van der Waals surface area contributed by atoms with E-state index < -0.39 is 23.4 Å². The number of nitrogens with zero attached hydrogens (tertiary/aromatic N) is 6. The molecular weight excluding hydrogens is 491 g/mol. The summed E-state index contributed by atoms with van der Waals surface area (Å²) in [5.74, 6) is -1.34. The quantitative estimate of drug-likeness (QED) is 0.363. The largest absolute Gasteiger partial charge is 0.364 e. The van der Waals surface area contributed by atoms with E-state index in [1.54, 1.807) is 35.0 Å². The summed E-state index contributed by atoms with van der Waals surface area (Å²) in [6.45, 7) is 3.06. The number of primary amides is 1. The molecule has 5 rings (SSSR count). The van der Waals surface area contributed by atoms with Gasteiger partial charge < -0.3 is 20.1 Å². The Morgan fingerprint density at radius 2 is 1.94 bits per heavy atom. The van der Waals surface area contributed by atoms with Gasteiger partial charge in [0.25, 0.3) is 5.91 Å². The lowest BCUT2D eigenvalue weighted by Gasteiger charge is -2.27. The number of aromatic nitrogens is 4. The van der Waals surface area contributed by atoms with Crippen LogP contribution in [-0.4, -0.2) is 68.5 Å². The number of fused-ring (bicyclic) bond motifs is 1. The lowest BCUT2D eigenvalue weighted by Crippen LogP contribution is -2.36. The van der Waals surface area contributed by atoms with Crippen LogP contribution in [-0.2, 0) is 7.05 Å². The molecule has 2 unspecified atom stereocenters. The van der Waals surface area contributed by atoms with Gasteiger partial charge in [0, 0.05) is 62.4 Å². The number of carbonyl (C=O) groups is 1. The number of benzene rings is 1. The van der Waals surface area contributed by atoms with Crippen LogP contribution in [0.2, 0.25) is 0 Å². The van der Waals surface area contributed by atoms with E-state index in [-0.39, 0.29) is 17.4 Å². The number of anilines is 1. The van der Waals surface area contributed by atoms with Gasteiger partial charge in [0.2, 0.25) is 0 Å². The van der Waals surface area contributed by atoms with Crippen LogP contribution in [0.3, 0.4) is 0 Å². The minimum atomic E-state index is -0.900. The minimum absolute atomic E-state index is 0.0305. The maximum Gasteiger partial charge on any atom is 0.267 e. The summed E-state index contributed by atoms with van der Waals surface area (Å²) in [7, 11) is 1.88. The summed E-state index contributed by atoms with van der Waals surface area (Å²) >= 11 is 1.60. The third kappa shape index (κ3) is 4.79. The van der Waals surface area contributed by atoms with Gasteiger partial charge in [-0.2, -0.15) is 0 Å². The zero-order valence-corrected chi connectivity index (χ0v) is 20.5. The van der Waals surface area contributed by atoms with Crippen molar-refractivity contribution in [1.29, 1.82) is 0 Å². The van der Waals surface area contributed by atoms with Gasteiger partial charge in [-0.1, -0.05) is 11.8 Å². The molecule has 1 aromatic carbocycles. The first-order valence-corrected chi connectivity index (χ1v) is 12.7. The van der Waals surface area contributed by atoms with Gasteiger partial charge in [0.15, 0.2) is 22.6 Å². The van der Waals surface area contributed by atoms with Gasteiger partial charge in [-0.25, -0.2) is 13.2 Å². The van der Waals surface area contributed by atoms with Gasteiger partial charge in [-0.3, -0.25) is 9.78 Å². The lowest BCUT2D eigenvalue weighted by atomic mass is 10.0. The Hall–Kier alpha value is -3.12. The summed E-state index contributed by atoms with van der Waals surface area (Å²) in [4.78, 5) is 19.4. The number of thioether (sulfide) groups is 1. The molecule has 8 nitrogen and oxygen atoms in total. The third-order valence-corrected chi connectivity index (χ3v) is 7.96. The zero-order valence-electron chi connectivity index (χ0n) is 19.7. The number of hydrogen-bond acceptors (Lipinski definition) is 7. The minimum Gasteiger partial charge on any atom is -0.364 e. The van der Waals surface area contributed by atoms with E-state index in [0.717, 1.165) is 61.1 Å². The summed E-state index contributed by atoms with van der Waals surface area (Å²) in [5, 5.41) is 9.29. The predicted octanol–water partition coefficient (Wildman–Crippen LogP) is 3.09. The first kappa shape index (κ1) is 24.6. The molecule has 0 spiro atoms. The van der Waals surface area contributed by atoms with Gasteiger partial charge in [-0.15, -0.1) is 10.2 Å². The number of carbonyl (C=O) groups excluding carboxylic acids is 1. The van der Waals surface area contributed by atoms with E-state index in [0.29, 0.717) is 18.3 Å². The van der Waals surface area contributed by atoms with Crippen LogP contribution in [0.1, 0.15) is 23.3 Å². The van der Waals surface area contributed by atoms with Crippen LogP contribution in [0.4, 0.5) is 18.9 Å². The van der Waals surface area contributed by atoms with Crippen molar-refractivity contribution in [2.75, 3.05) is 36.8 Å². The number of hydrogen-bond donors (Lipinski definition) is 1. The number of nitrogens with two attached hydrogens (primary N) is 1. The molecule has 190 valence electrons. The van der Waals surface area contributed by atoms with E-state index in [2.05, 4.69) is 20.1 Å². The van der Waals surface area contributed by atoms with Crippen molar-refractivity contribution >= 4 is 23.4 Å². The Morgan fingerprint density at radius 1 is 1.17 bits per heavy atom. The van der Waals surface area contributed by atoms with Crippen LogP contribution in [0, 0.1) is 23.4 Å². The van der Waals surface area contributed by atoms with Crippen molar-refractivity contribution in [2.24, 2.45) is 18.7 Å². The van der Waals surface area contributed by atoms with Crippen LogP contribution in [0.25, 0.3) is 11.4 Å². The standard InChI is InChI=1S/C24H26F3N7OS/c1-32-23(14-3-4-19(22(28)35)29-11-14)30-31-24(32)36-8-2-6-33-12-15-5-7-34(20(15)13-33)21-17(26)9-16(25)10-18(21)27/h3-4,9-11,15,20H,2,5-8,12-13H2,1H3,(H2,28,35). The molecule has 36 heavy (non-hydrogen) atoms. The maximum atomic E-state index is 14.3. The Bertz CT molecular complexity index is 1250. The second-order valence-corrected chi connectivity index (χ2v) is 10.2. The summed E-state index contributed by atoms with van der Waals surface area (Å²) in [6.07, 6.45) is 3.33. The maximum absolute atomic E-state index is 14.3. The Labute approximate surface area is 210 Å². The molecule has 0 saturated carbocycles. The molecule has 2 fully saturated rings. The van der Waals surface area contributed by atoms with E-state index in [1.165, 1.54) is 0 Å². The number of likely N-dealkylation sites (tertiary alicyclic amines) is 1. The number of rotatable bonds is 8. The fourth-order valence-corrected chi connectivity index (χ4v) is 5.97. The average molecular weight is 518 g/mol. The van der Waals surface area contributed by atoms with Gasteiger partial charge in [0.1, 0.15) is 17.2 Å². The highest BCUT2D eigenvalue weighted by molar-refractivity contribution is 7.99. The van der Waals surface area contributed by atoms with E-state index in [4.69, 9.17) is 5.73 Å².